The predicted molar refractivity (Wildman–Crippen MR) is 72.4 cm³/mol. The van der Waals surface area contributed by atoms with Crippen LogP contribution >= 0.6 is 11.8 Å². The van der Waals surface area contributed by atoms with Crippen LogP contribution in [0.15, 0.2) is 46.3 Å². The van der Waals surface area contributed by atoms with Gasteiger partial charge in [0.05, 0.1) is 0 Å². The molecule has 6 heteroatoms. The molecular weight excluding hydrogens is 285 g/mol. The standard InChI is InChI=1S/C14H13F3N2S/c1-9-2-5-11(6-3-9)20-13-10(8-18)4-7-12(19-13)14(15,16)17/h2-7H,8,18H2,1H3. The van der Waals surface area contributed by atoms with Gasteiger partial charge in [0.2, 0.25) is 0 Å². The van der Waals surface area contributed by atoms with Gasteiger partial charge in [-0.05, 0) is 30.7 Å². The first-order chi connectivity index (χ1) is 9.40. The van der Waals surface area contributed by atoms with Gasteiger partial charge in [-0.3, -0.25) is 0 Å². The molecule has 1 heterocycles. The number of aryl methyl sites for hydroxylation is 1. The number of halogens is 3. The van der Waals surface area contributed by atoms with Gasteiger partial charge >= 0.3 is 6.18 Å². The minimum Gasteiger partial charge on any atom is -0.326 e. The Labute approximate surface area is 119 Å². The zero-order valence-electron chi connectivity index (χ0n) is 10.7. The Morgan fingerprint density at radius 3 is 2.30 bits per heavy atom. The summed E-state index contributed by atoms with van der Waals surface area (Å²) in [5.41, 5.74) is 6.34. The van der Waals surface area contributed by atoms with E-state index in [0.717, 1.165) is 16.5 Å². The maximum absolute atomic E-state index is 12.7. The second kappa shape index (κ2) is 5.85. The number of hydrogen-bond acceptors (Lipinski definition) is 3. The number of hydrogen-bond donors (Lipinski definition) is 1. The second-order valence-corrected chi connectivity index (χ2v) is 5.34. The van der Waals surface area contributed by atoms with E-state index in [9.17, 15) is 13.2 Å². The Kier molecular flexibility index (Phi) is 4.35. The molecule has 106 valence electrons. The van der Waals surface area contributed by atoms with E-state index in [2.05, 4.69) is 4.98 Å². The van der Waals surface area contributed by atoms with Crippen molar-refractivity contribution >= 4 is 11.8 Å². The molecule has 20 heavy (non-hydrogen) atoms. The van der Waals surface area contributed by atoms with Crippen LogP contribution < -0.4 is 5.73 Å². The molecule has 0 bridgehead atoms. The van der Waals surface area contributed by atoms with Gasteiger partial charge in [0.15, 0.2) is 0 Å². The Hall–Kier alpha value is -1.53. The van der Waals surface area contributed by atoms with Crippen LogP contribution in [0.3, 0.4) is 0 Å². The minimum absolute atomic E-state index is 0.152. The molecule has 0 amide bonds. The summed E-state index contributed by atoms with van der Waals surface area (Å²) in [5.74, 6) is 0. The van der Waals surface area contributed by atoms with Crippen LogP contribution in [0.2, 0.25) is 0 Å². The van der Waals surface area contributed by atoms with Gasteiger partial charge in [-0.2, -0.15) is 13.2 Å². The summed E-state index contributed by atoms with van der Waals surface area (Å²) in [6, 6.07) is 9.84. The molecule has 0 saturated heterocycles. The SMILES string of the molecule is Cc1ccc(Sc2nc(C(F)(F)F)ccc2CN)cc1. The Morgan fingerprint density at radius 1 is 1.10 bits per heavy atom. The molecule has 0 atom stereocenters. The van der Waals surface area contributed by atoms with E-state index in [4.69, 9.17) is 5.73 Å². The molecule has 0 aliphatic heterocycles. The number of nitrogens with zero attached hydrogens (tertiary/aromatic N) is 1. The molecule has 1 aromatic carbocycles. The Bertz CT molecular complexity index is 594. The molecule has 0 unspecified atom stereocenters. The van der Waals surface area contributed by atoms with Gasteiger partial charge in [-0.25, -0.2) is 4.98 Å². The van der Waals surface area contributed by atoms with Gasteiger partial charge in [-0.15, -0.1) is 0 Å². The first-order valence-electron chi connectivity index (χ1n) is 5.92. The lowest BCUT2D eigenvalue weighted by Crippen LogP contribution is -2.10. The molecule has 2 nitrogen and oxygen atoms in total. The van der Waals surface area contributed by atoms with Crippen LogP contribution in [0, 0.1) is 6.92 Å². The second-order valence-electron chi connectivity index (χ2n) is 4.28. The third kappa shape index (κ3) is 3.52. The average Bonchev–Trinajstić information content (AvgIpc) is 2.40. The Balaban J connectivity index is 2.35. The fraction of sp³-hybridized carbons (Fsp3) is 0.214. The van der Waals surface area contributed by atoms with Gasteiger partial charge in [0.25, 0.3) is 0 Å². The normalized spacial score (nSPS) is 11.7. The quantitative estimate of drug-likeness (QED) is 0.930. The van der Waals surface area contributed by atoms with E-state index in [-0.39, 0.29) is 6.54 Å². The molecule has 1 aromatic heterocycles. The minimum atomic E-state index is -4.45. The fourth-order valence-electron chi connectivity index (χ4n) is 1.59. The van der Waals surface area contributed by atoms with E-state index in [1.165, 1.54) is 17.8 Å². The highest BCUT2D eigenvalue weighted by molar-refractivity contribution is 7.99. The van der Waals surface area contributed by atoms with Crippen molar-refractivity contribution in [2.45, 2.75) is 29.6 Å². The summed E-state index contributed by atoms with van der Waals surface area (Å²) in [5, 5.41) is 0.297. The molecule has 0 spiro atoms. The van der Waals surface area contributed by atoms with Crippen LogP contribution in [-0.4, -0.2) is 4.98 Å². The van der Waals surface area contributed by atoms with Crippen LogP contribution in [-0.2, 0) is 12.7 Å². The van der Waals surface area contributed by atoms with Crippen molar-refractivity contribution in [1.82, 2.24) is 4.98 Å². The number of benzene rings is 1. The highest BCUT2D eigenvalue weighted by Crippen LogP contribution is 2.33. The highest BCUT2D eigenvalue weighted by atomic mass is 32.2. The summed E-state index contributed by atoms with van der Waals surface area (Å²) in [4.78, 5) is 4.52. The lowest BCUT2D eigenvalue weighted by molar-refractivity contribution is -0.141. The number of alkyl halides is 3. The third-order valence-corrected chi connectivity index (χ3v) is 3.74. The predicted octanol–water partition coefficient (Wildman–Crippen LogP) is 4.02. The lowest BCUT2D eigenvalue weighted by atomic mass is 10.2. The topological polar surface area (TPSA) is 38.9 Å². The number of rotatable bonds is 3. The first kappa shape index (κ1) is 14.9. The van der Waals surface area contributed by atoms with Crippen LogP contribution in [0.5, 0.6) is 0 Å². The zero-order valence-corrected chi connectivity index (χ0v) is 11.6. The molecular formula is C14H13F3N2S. The maximum atomic E-state index is 12.7. The number of pyridine rings is 1. The summed E-state index contributed by atoms with van der Waals surface area (Å²) >= 11 is 1.19. The summed E-state index contributed by atoms with van der Waals surface area (Å²) in [7, 11) is 0. The smallest absolute Gasteiger partial charge is 0.326 e. The number of nitrogens with two attached hydrogens (primary N) is 1. The van der Waals surface area contributed by atoms with Crippen molar-refractivity contribution < 1.29 is 13.2 Å². The van der Waals surface area contributed by atoms with Crippen molar-refractivity contribution in [2.24, 2.45) is 5.73 Å². The molecule has 2 N–H and O–H groups in total. The molecule has 0 fully saturated rings. The average molecular weight is 298 g/mol. The van der Waals surface area contributed by atoms with Gasteiger partial charge in [0.1, 0.15) is 10.7 Å². The molecule has 2 aromatic rings. The maximum Gasteiger partial charge on any atom is 0.433 e. The molecule has 2 rings (SSSR count). The monoisotopic (exact) mass is 298 g/mol. The van der Waals surface area contributed by atoms with Crippen molar-refractivity contribution in [2.75, 3.05) is 0 Å². The number of aromatic nitrogens is 1. The van der Waals surface area contributed by atoms with E-state index < -0.39 is 11.9 Å². The largest absolute Gasteiger partial charge is 0.433 e. The van der Waals surface area contributed by atoms with Crippen molar-refractivity contribution in [3.8, 4) is 0 Å². The van der Waals surface area contributed by atoms with E-state index in [1.807, 2.05) is 31.2 Å². The van der Waals surface area contributed by atoms with E-state index in [0.29, 0.717) is 10.6 Å². The first-order valence-corrected chi connectivity index (χ1v) is 6.73. The van der Waals surface area contributed by atoms with Crippen molar-refractivity contribution in [1.29, 1.82) is 0 Å². The molecule has 0 saturated carbocycles. The van der Waals surface area contributed by atoms with Crippen LogP contribution in [0.25, 0.3) is 0 Å². The molecule has 0 aliphatic carbocycles. The summed E-state index contributed by atoms with van der Waals surface area (Å²) in [6.45, 7) is 2.10. The zero-order chi connectivity index (χ0) is 14.8. The molecule has 0 radical (unpaired) electrons. The fourth-order valence-corrected chi connectivity index (χ4v) is 2.51. The van der Waals surface area contributed by atoms with Gasteiger partial charge < -0.3 is 5.73 Å². The lowest BCUT2D eigenvalue weighted by Gasteiger charge is -2.11. The van der Waals surface area contributed by atoms with Gasteiger partial charge in [0, 0.05) is 11.4 Å². The van der Waals surface area contributed by atoms with E-state index >= 15 is 0 Å². The van der Waals surface area contributed by atoms with Crippen LogP contribution in [0.4, 0.5) is 13.2 Å². The van der Waals surface area contributed by atoms with Crippen molar-refractivity contribution in [3.05, 3.63) is 53.2 Å². The summed E-state index contributed by atoms with van der Waals surface area (Å²) in [6.07, 6.45) is -4.45. The van der Waals surface area contributed by atoms with Crippen LogP contribution in [0.1, 0.15) is 16.8 Å². The van der Waals surface area contributed by atoms with E-state index in [1.54, 1.807) is 0 Å². The van der Waals surface area contributed by atoms with Gasteiger partial charge in [-0.1, -0.05) is 35.5 Å². The Morgan fingerprint density at radius 2 is 1.75 bits per heavy atom. The molecule has 0 aliphatic rings. The third-order valence-electron chi connectivity index (χ3n) is 2.68. The summed E-state index contributed by atoms with van der Waals surface area (Å²) < 4.78 is 38.1. The highest BCUT2D eigenvalue weighted by Gasteiger charge is 2.33. The van der Waals surface area contributed by atoms with Crippen molar-refractivity contribution in [3.63, 3.8) is 0 Å².